The second-order valence-corrected chi connectivity index (χ2v) is 8.21. The Morgan fingerprint density at radius 2 is 2.24 bits per heavy atom. The first kappa shape index (κ1) is 20.0. The molecule has 1 aliphatic rings. The maximum Gasteiger partial charge on any atom is 0.318 e. The molecule has 1 N–H and O–H groups in total. The van der Waals surface area contributed by atoms with E-state index in [4.69, 9.17) is 26.2 Å². The number of carbonyl (C=O) groups is 1. The minimum absolute atomic E-state index is 0.0943. The van der Waals surface area contributed by atoms with E-state index in [1.165, 1.54) is 12.1 Å². The maximum absolute atomic E-state index is 12.9. The standard InChI is InChI=1S/C16H22ClNO6S/c1-2-6-18(9-16(19)20)25(21,22)15-8-13(17)3-4-14(15)24-11-12-5-7-23-10-12/h3-4,8,12H,2,5-7,9-11H2,1H3,(H,19,20). The van der Waals surface area contributed by atoms with Gasteiger partial charge >= 0.3 is 5.97 Å². The van der Waals surface area contributed by atoms with Gasteiger partial charge in [-0.15, -0.1) is 0 Å². The summed E-state index contributed by atoms with van der Waals surface area (Å²) in [6, 6.07) is 4.33. The lowest BCUT2D eigenvalue weighted by atomic mass is 10.1. The molecule has 0 aliphatic carbocycles. The highest BCUT2D eigenvalue weighted by Crippen LogP contribution is 2.30. The van der Waals surface area contributed by atoms with E-state index < -0.39 is 22.5 Å². The zero-order chi connectivity index (χ0) is 18.4. The number of sulfonamides is 1. The van der Waals surface area contributed by atoms with Crippen molar-refractivity contribution in [3.8, 4) is 5.75 Å². The molecule has 1 aromatic carbocycles. The molecule has 0 spiro atoms. The van der Waals surface area contributed by atoms with E-state index in [1.807, 2.05) is 0 Å². The van der Waals surface area contributed by atoms with Gasteiger partial charge < -0.3 is 14.6 Å². The summed E-state index contributed by atoms with van der Waals surface area (Å²) >= 11 is 5.96. The number of ether oxygens (including phenoxy) is 2. The van der Waals surface area contributed by atoms with Crippen molar-refractivity contribution in [3.63, 3.8) is 0 Å². The fourth-order valence-corrected chi connectivity index (χ4v) is 4.42. The molecular formula is C16H22ClNO6S. The van der Waals surface area contributed by atoms with Gasteiger partial charge in [-0.3, -0.25) is 4.79 Å². The average molecular weight is 392 g/mol. The van der Waals surface area contributed by atoms with Gasteiger partial charge in [0.2, 0.25) is 10.0 Å². The molecule has 0 radical (unpaired) electrons. The Morgan fingerprint density at radius 1 is 1.48 bits per heavy atom. The third-order valence-electron chi connectivity index (χ3n) is 3.81. The van der Waals surface area contributed by atoms with Crippen LogP contribution < -0.4 is 4.74 Å². The zero-order valence-electron chi connectivity index (χ0n) is 14.0. The number of carboxylic acid groups (broad SMARTS) is 1. The number of aliphatic carboxylic acids is 1. The van der Waals surface area contributed by atoms with Crippen molar-refractivity contribution in [1.82, 2.24) is 4.31 Å². The second-order valence-electron chi connectivity index (χ2n) is 5.86. The van der Waals surface area contributed by atoms with Gasteiger partial charge in [0.05, 0.1) is 13.2 Å². The predicted octanol–water partition coefficient (Wildman–Crippen LogP) is 2.24. The van der Waals surface area contributed by atoms with Gasteiger partial charge in [-0.2, -0.15) is 4.31 Å². The van der Waals surface area contributed by atoms with Crippen LogP contribution in [0.1, 0.15) is 19.8 Å². The SMILES string of the molecule is CCCN(CC(=O)O)S(=O)(=O)c1cc(Cl)ccc1OCC1CCOC1. The first-order chi connectivity index (χ1) is 11.8. The highest BCUT2D eigenvalue weighted by molar-refractivity contribution is 7.89. The molecule has 0 aromatic heterocycles. The molecule has 1 aliphatic heterocycles. The van der Waals surface area contributed by atoms with Crippen LogP contribution in [-0.2, 0) is 19.6 Å². The molecule has 0 bridgehead atoms. The van der Waals surface area contributed by atoms with Crippen LogP contribution in [0, 0.1) is 5.92 Å². The van der Waals surface area contributed by atoms with E-state index in [9.17, 15) is 13.2 Å². The monoisotopic (exact) mass is 391 g/mol. The molecule has 7 nitrogen and oxygen atoms in total. The Labute approximate surface area is 152 Å². The van der Waals surface area contributed by atoms with Crippen molar-refractivity contribution < 1.29 is 27.8 Å². The number of hydrogen-bond acceptors (Lipinski definition) is 5. The summed E-state index contributed by atoms with van der Waals surface area (Å²) in [6.07, 6.45) is 1.35. The van der Waals surface area contributed by atoms with E-state index in [2.05, 4.69) is 0 Å². The molecule has 9 heteroatoms. The number of carboxylic acids is 1. The van der Waals surface area contributed by atoms with Crippen molar-refractivity contribution in [1.29, 1.82) is 0 Å². The van der Waals surface area contributed by atoms with E-state index in [-0.39, 0.29) is 28.1 Å². The molecule has 140 valence electrons. The fourth-order valence-electron chi connectivity index (χ4n) is 2.55. The highest BCUT2D eigenvalue weighted by Gasteiger charge is 2.30. The van der Waals surface area contributed by atoms with E-state index in [0.29, 0.717) is 26.2 Å². The van der Waals surface area contributed by atoms with Gasteiger partial charge in [-0.25, -0.2) is 8.42 Å². The Hall–Kier alpha value is -1.35. The molecule has 1 saturated heterocycles. The molecule has 1 atom stereocenters. The molecule has 1 aromatic rings. The quantitative estimate of drug-likeness (QED) is 0.693. The third-order valence-corrected chi connectivity index (χ3v) is 5.91. The summed E-state index contributed by atoms with van der Waals surface area (Å²) in [6.45, 7) is 2.84. The lowest BCUT2D eigenvalue weighted by Crippen LogP contribution is -2.36. The Bertz CT molecular complexity index is 703. The summed E-state index contributed by atoms with van der Waals surface area (Å²) in [5.41, 5.74) is 0. The van der Waals surface area contributed by atoms with Crippen molar-refractivity contribution in [3.05, 3.63) is 23.2 Å². The van der Waals surface area contributed by atoms with Crippen molar-refractivity contribution in [2.24, 2.45) is 5.92 Å². The summed E-state index contributed by atoms with van der Waals surface area (Å²) in [5.74, 6) is -0.843. The lowest BCUT2D eigenvalue weighted by Gasteiger charge is -2.22. The average Bonchev–Trinajstić information content (AvgIpc) is 3.06. The molecule has 1 fully saturated rings. The number of nitrogens with zero attached hydrogens (tertiary/aromatic N) is 1. The van der Waals surface area contributed by atoms with Crippen molar-refractivity contribution in [2.75, 3.05) is 32.9 Å². The largest absolute Gasteiger partial charge is 0.492 e. The van der Waals surface area contributed by atoms with Crippen LogP contribution in [0.15, 0.2) is 23.1 Å². The first-order valence-corrected chi connectivity index (χ1v) is 9.88. The lowest BCUT2D eigenvalue weighted by molar-refractivity contribution is -0.137. The molecule has 0 amide bonds. The van der Waals surface area contributed by atoms with Crippen molar-refractivity contribution >= 4 is 27.6 Å². The van der Waals surface area contributed by atoms with Crippen LogP contribution in [-0.4, -0.2) is 56.7 Å². The van der Waals surface area contributed by atoms with Gasteiger partial charge in [0.25, 0.3) is 0 Å². The fraction of sp³-hybridized carbons (Fsp3) is 0.562. The number of hydrogen-bond donors (Lipinski definition) is 1. The normalized spacial score (nSPS) is 17.8. The molecular weight excluding hydrogens is 370 g/mol. The third kappa shape index (κ3) is 5.31. The van der Waals surface area contributed by atoms with Crippen molar-refractivity contribution in [2.45, 2.75) is 24.7 Å². The van der Waals surface area contributed by atoms with E-state index in [0.717, 1.165) is 10.7 Å². The number of halogens is 1. The maximum atomic E-state index is 12.9. The zero-order valence-corrected chi connectivity index (χ0v) is 15.6. The Balaban J connectivity index is 2.30. The van der Waals surface area contributed by atoms with E-state index >= 15 is 0 Å². The Morgan fingerprint density at radius 3 is 2.84 bits per heavy atom. The molecule has 2 rings (SSSR count). The molecule has 1 unspecified atom stereocenters. The van der Waals surface area contributed by atoms with Crippen LogP contribution in [0.2, 0.25) is 5.02 Å². The summed E-state index contributed by atoms with van der Waals surface area (Å²) in [7, 11) is -4.05. The van der Waals surface area contributed by atoms with Crippen LogP contribution in [0.3, 0.4) is 0 Å². The molecule has 0 saturated carbocycles. The van der Waals surface area contributed by atoms with Gasteiger partial charge in [0.1, 0.15) is 17.2 Å². The van der Waals surface area contributed by atoms with Gasteiger partial charge in [0.15, 0.2) is 0 Å². The van der Waals surface area contributed by atoms with Crippen LogP contribution in [0.25, 0.3) is 0 Å². The second kappa shape index (κ2) is 8.84. The van der Waals surface area contributed by atoms with Crippen LogP contribution in [0.5, 0.6) is 5.75 Å². The highest BCUT2D eigenvalue weighted by atomic mass is 35.5. The van der Waals surface area contributed by atoms with Gasteiger partial charge in [-0.1, -0.05) is 18.5 Å². The van der Waals surface area contributed by atoms with Gasteiger partial charge in [0, 0.05) is 24.1 Å². The number of benzene rings is 1. The molecule has 1 heterocycles. The topological polar surface area (TPSA) is 93.1 Å². The minimum atomic E-state index is -4.05. The first-order valence-electron chi connectivity index (χ1n) is 8.06. The summed E-state index contributed by atoms with van der Waals surface area (Å²) < 4.78 is 37.8. The summed E-state index contributed by atoms with van der Waals surface area (Å²) in [4.78, 5) is 10.9. The Kier molecular flexibility index (Phi) is 7.06. The van der Waals surface area contributed by atoms with E-state index in [1.54, 1.807) is 13.0 Å². The van der Waals surface area contributed by atoms with Crippen LogP contribution in [0.4, 0.5) is 0 Å². The molecule has 25 heavy (non-hydrogen) atoms. The summed E-state index contributed by atoms with van der Waals surface area (Å²) in [5, 5.41) is 9.25. The van der Waals surface area contributed by atoms with Gasteiger partial charge in [-0.05, 0) is 31.0 Å². The predicted molar refractivity (Wildman–Crippen MR) is 92.6 cm³/mol. The number of rotatable bonds is 9. The van der Waals surface area contributed by atoms with Crippen LogP contribution >= 0.6 is 11.6 Å². The minimum Gasteiger partial charge on any atom is -0.492 e. The smallest absolute Gasteiger partial charge is 0.318 e.